The first-order valence-electron chi connectivity index (χ1n) is 8.57. The number of nitrogens with zero attached hydrogens (tertiary/aromatic N) is 1. The quantitative estimate of drug-likeness (QED) is 0.885. The maximum atomic E-state index is 12.4. The second kappa shape index (κ2) is 6.67. The molecule has 3 rings (SSSR count). The van der Waals surface area contributed by atoms with E-state index in [0.29, 0.717) is 19.4 Å². The predicted molar refractivity (Wildman–Crippen MR) is 92.7 cm³/mol. The number of aromatic nitrogens is 1. The van der Waals surface area contributed by atoms with Crippen LogP contribution >= 0.6 is 0 Å². The van der Waals surface area contributed by atoms with Gasteiger partial charge in [-0.2, -0.15) is 0 Å². The Morgan fingerprint density at radius 1 is 1.29 bits per heavy atom. The molecule has 128 valence electrons. The van der Waals surface area contributed by atoms with E-state index in [1.165, 1.54) is 0 Å². The third-order valence-corrected chi connectivity index (χ3v) is 5.19. The summed E-state index contributed by atoms with van der Waals surface area (Å²) in [5.74, 6) is -1.39. The van der Waals surface area contributed by atoms with Gasteiger partial charge in [0.15, 0.2) is 0 Å². The molecule has 1 aliphatic carbocycles. The molecule has 2 N–H and O–H groups in total. The van der Waals surface area contributed by atoms with Gasteiger partial charge in [0, 0.05) is 24.7 Å². The van der Waals surface area contributed by atoms with Crippen LogP contribution in [-0.2, 0) is 16.1 Å². The Bertz CT molecular complexity index is 752. The minimum absolute atomic E-state index is 0.0802. The molecule has 1 heterocycles. The molecular weight excluding hydrogens is 304 g/mol. The lowest BCUT2D eigenvalue weighted by Crippen LogP contribution is -2.55. The minimum Gasteiger partial charge on any atom is -0.481 e. The number of carboxylic acids is 1. The van der Waals surface area contributed by atoms with E-state index in [0.717, 1.165) is 30.2 Å². The Morgan fingerprint density at radius 3 is 2.88 bits per heavy atom. The normalized spacial score (nSPS) is 24.0. The highest BCUT2D eigenvalue weighted by atomic mass is 16.4. The van der Waals surface area contributed by atoms with Gasteiger partial charge >= 0.3 is 5.97 Å². The van der Waals surface area contributed by atoms with Crippen molar-refractivity contribution in [3.63, 3.8) is 0 Å². The molecule has 24 heavy (non-hydrogen) atoms. The zero-order valence-corrected chi connectivity index (χ0v) is 14.0. The number of benzene rings is 1. The Labute approximate surface area is 141 Å². The molecule has 1 aliphatic rings. The van der Waals surface area contributed by atoms with Crippen LogP contribution in [0.4, 0.5) is 0 Å². The number of aliphatic carboxylic acids is 1. The van der Waals surface area contributed by atoms with E-state index in [-0.39, 0.29) is 5.91 Å². The first-order valence-corrected chi connectivity index (χ1v) is 8.57. The van der Waals surface area contributed by atoms with E-state index < -0.39 is 17.4 Å². The van der Waals surface area contributed by atoms with Crippen LogP contribution in [0, 0.1) is 5.92 Å². The van der Waals surface area contributed by atoms with Crippen LogP contribution in [0.15, 0.2) is 36.5 Å². The van der Waals surface area contributed by atoms with Gasteiger partial charge in [0.25, 0.3) is 0 Å². The number of amides is 1. The predicted octanol–water partition coefficient (Wildman–Crippen LogP) is 3.18. The number of carbonyl (C=O) groups is 2. The van der Waals surface area contributed by atoms with Crippen molar-refractivity contribution in [2.24, 2.45) is 5.92 Å². The van der Waals surface area contributed by atoms with Gasteiger partial charge in [-0.3, -0.25) is 9.59 Å². The van der Waals surface area contributed by atoms with Crippen LogP contribution in [-0.4, -0.2) is 27.1 Å². The molecule has 2 unspecified atom stereocenters. The molecular formula is C19H24N2O3. The summed E-state index contributed by atoms with van der Waals surface area (Å²) in [6.45, 7) is 2.46. The number of carbonyl (C=O) groups excluding carboxylic acids is 1. The van der Waals surface area contributed by atoms with Gasteiger partial charge in [-0.1, -0.05) is 31.0 Å². The van der Waals surface area contributed by atoms with Crippen molar-refractivity contribution < 1.29 is 14.7 Å². The highest BCUT2D eigenvalue weighted by molar-refractivity contribution is 5.81. The number of aryl methyl sites for hydroxylation is 1. The lowest BCUT2D eigenvalue weighted by atomic mass is 9.74. The van der Waals surface area contributed by atoms with Crippen LogP contribution in [0.25, 0.3) is 10.9 Å². The second-order valence-electron chi connectivity index (χ2n) is 6.92. The van der Waals surface area contributed by atoms with Crippen LogP contribution < -0.4 is 5.32 Å². The summed E-state index contributed by atoms with van der Waals surface area (Å²) in [7, 11) is 0. The summed E-state index contributed by atoms with van der Waals surface area (Å²) in [6.07, 6.45) is 5.57. The Hall–Kier alpha value is -2.30. The van der Waals surface area contributed by atoms with E-state index in [1.807, 2.05) is 43.5 Å². The molecule has 1 aromatic heterocycles. The maximum Gasteiger partial charge on any atom is 0.308 e. The van der Waals surface area contributed by atoms with Crippen molar-refractivity contribution in [1.82, 2.24) is 9.88 Å². The van der Waals surface area contributed by atoms with Gasteiger partial charge in [0.2, 0.25) is 5.91 Å². The Balaban J connectivity index is 1.63. The van der Waals surface area contributed by atoms with E-state index in [1.54, 1.807) is 0 Å². The summed E-state index contributed by atoms with van der Waals surface area (Å²) in [6, 6.07) is 10.1. The standard InChI is InChI=1S/C19H24N2O3/c1-19(11-5-4-7-15(19)18(23)24)20-17(22)10-13-21-12-9-14-6-2-3-8-16(14)21/h2-3,6,8-9,12,15H,4-5,7,10-11,13H2,1H3,(H,20,22)(H,23,24). The third-order valence-electron chi connectivity index (χ3n) is 5.19. The fourth-order valence-corrected chi connectivity index (χ4v) is 3.82. The zero-order valence-electron chi connectivity index (χ0n) is 14.0. The van der Waals surface area contributed by atoms with Crippen molar-refractivity contribution >= 4 is 22.8 Å². The Morgan fingerprint density at radius 2 is 2.08 bits per heavy atom. The molecule has 0 saturated heterocycles. The highest BCUT2D eigenvalue weighted by Crippen LogP contribution is 2.34. The third kappa shape index (κ3) is 3.30. The largest absolute Gasteiger partial charge is 0.481 e. The SMILES string of the molecule is CC1(NC(=O)CCn2ccc3ccccc32)CCCCC1C(=O)O. The van der Waals surface area contributed by atoms with Crippen molar-refractivity contribution in [1.29, 1.82) is 0 Å². The number of rotatable bonds is 5. The molecule has 0 spiro atoms. The number of para-hydroxylation sites is 1. The molecule has 2 aromatic rings. The van der Waals surface area contributed by atoms with E-state index in [2.05, 4.69) is 9.88 Å². The molecule has 1 aromatic carbocycles. The van der Waals surface area contributed by atoms with Crippen LogP contribution in [0.3, 0.4) is 0 Å². The van der Waals surface area contributed by atoms with Crippen LogP contribution in [0.5, 0.6) is 0 Å². The fourth-order valence-electron chi connectivity index (χ4n) is 3.82. The summed E-state index contributed by atoms with van der Waals surface area (Å²) in [4.78, 5) is 23.9. The molecule has 2 atom stereocenters. The smallest absolute Gasteiger partial charge is 0.308 e. The highest BCUT2D eigenvalue weighted by Gasteiger charge is 2.41. The zero-order chi connectivity index (χ0) is 17.2. The Kier molecular flexibility index (Phi) is 4.60. The average Bonchev–Trinajstić information content (AvgIpc) is 2.96. The molecule has 0 bridgehead atoms. The number of carboxylic acid groups (broad SMARTS) is 1. The second-order valence-corrected chi connectivity index (χ2v) is 6.92. The van der Waals surface area contributed by atoms with Crippen molar-refractivity contribution in [2.45, 2.75) is 51.1 Å². The number of hydrogen-bond donors (Lipinski definition) is 2. The van der Waals surface area contributed by atoms with Gasteiger partial charge in [-0.05, 0) is 37.3 Å². The molecule has 5 heteroatoms. The maximum absolute atomic E-state index is 12.4. The van der Waals surface area contributed by atoms with E-state index in [9.17, 15) is 14.7 Å². The molecule has 1 amide bonds. The van der Waals surface area contributed by atoms with Crippen molar-refractivity contribution in [3.8, 4) is 0 Å². The van der Waals surface area contributed by atoms with Crippen molar-refractivity contribution in [3.05, 3.63) is 36.5 Å². The first kappa shape index (κ1) is 16.6. The summed E-state index contributed by atoms with van der Waals surface area (Å²) < 4.78 is 2.06. The van der Waals surface area contributed by atoms with Crippen molar-refractivity contribution in [2.75, 3.05) is 0 Å². The summed E-state index contributed by atoms with van der Waals surface area (Å²) in [5, 5.41) is 13.6. The lowest BCUT2D eigenvalue weighted by Gasteiger charge is -2.39. The summed E-state index contributed by atoms with van der Waals surface area (Å²) >= 11 is 0. The van der Waals surface area contributed by atoms with Crippen LogP contribution in [0.1, 0.15) is 39.0 Å². The average molecular weight is 328 g/mol. The molecule has 5 nitrogen and oxygen atoms in total. The van der Waals surface area contributed by atoms with Gasteiger partial charge in [-0.15, -0.1) is 0 Å². The fraction of sp³-hybridized carbons (Fsp3) is 0.474. The molecule has 0 radical (unpaired) electrons. The molecule has 0 aliphatic heterocycles. The van der Waals surface area contributed by atoms with Gasteiger partial charge in [0.05, 0.1) is 11.5 Å². The molecule has 1 fully saturated rings. The van der Waals surface area contributed by atoms with E-state index in [4.69, 9.17) is 0 Å². The van der Waals surface area contributed by atoms with Crippen LogP contribution in [0.2, 0.25) is 0 Å². The van der Waals surface area contributed by atoms with Gasteiger partial charge < -0.3 is 15.0 Å². The topological polar surface area (TPSA) is 71.3 Å². The lowest BCUT2D eigenvalue weighted by molar-refractivity contribution is -0.146. The minimum atomic E-state index is -0.811. The monoisotopic (exact) mass is 328 g/mol. The number of nitrogens with one attached hydrogen (secondary N) is 1. The summed E-state index contributed by atoms with van der Waals surface area (Å²) in [5.41, 5.74) is 0.470. The first-order chi connectivity index (χ1) is 11.5. The number of hydrogen-bond acceptors (Lipinski definition) is 2. The number of fused-ring (bicyclic) bond motifs is 1. The van der Waals surface area contributed by atoms with Gasteiger partial charge in [0.1, 0.15) is 0 Å². The van der Waals surface area contributed by atoms with Gasteiger partial charge in [-0.25, -0.2) is 0 Å². The molecule has 1 saturated carbocycles. The van der Waals surface area contributed by atoms with E-state index >= 15 is 0 Å².